The van der Waals surface area contributed by atoms with Crippen molar-refractivity contribution >= 4 is 28.8 Å². The second-order valence-electron chi connectivity index (χ2n) is 4.42. The normalized spacial score (nSPS) is 14.5. The van der Waals surface area contributed by atoms with Crippen molar-refractivity contribution in [2.75, 3.05) is 0 Å². The minimum atomic E-state index is 0.0442. The minimum Gasteiger partial charge on any atom is -0.349 e. The Bertz CT molecular complexity index is 572. The molecule has 92 valence electrons. The Labute approximate surface area is 115 Å². The molecule has 1 aliphatic rings. The van der Waals surface area contributed by atoms with Gasteiger partial charge in [0.05, 0.1) is 4.88 Å². The van der Waals surface area contributed by atoms with Crippen LogP contribution < -0.4 is 5.32 Å². The summed E-state index contributed by atoms with van der Waals surface area (Å²) in [5.74, 6) is 0.0442. The smallest absolute Gasteiger partial charge is 0.261 e. The molecule has 1 aromatic carbocycles. The molecule has 0 bridgehead atoms. The number of hydrogen-bond acceptors (Lipinski definition) is 2. The van der Waals surface area contributed by atoms with E-state index in [-0.39, 0.29) is 5.91 Å². The second kappa shape index (κ2) is 4.75. The van der Waals surface area contributed by atoms with Crippen LogP contribution in [0.3, 0.4) is 0 Å². The maximum absolute atomic E-state index is 11.9. The van der Waals surface area contributed by atoms with Gasteiger partial charge in [0, 0.05) is 15.9 Å². The van der Waals surface area contributed by atoms with E-state index in [1.165, 1.54) is 11.3 Å². The van der Waals surface area contributed by atoms with Crippen LogP contribution in [0.4, 0.5) is 0 Å². The van der Waals surface area contributed by atoms with Crippen LogP contribution in [0.25, 0.3) is 10.4 Å². The van der Waals surface area contributed by atoms with Gasteiger partial charge in [-0.1, -0.05) is 23.7 Å². The summed E-state index contributed by atoms with van der Waals surface area (Å²) in [6.07, 6.45) is 2.22. The molecular weight excluding hydrogens is 266 g/mol. The molecule has 2 aromatic rings. The molecule has 18 heavy (non-hydrogen) atoms. The number of thiophene rings is 1. The van der Waals surface area contributed by atoms with Crippen molar-refractivity contribution in [3.05, 3.63) is 46.3 Å². The molecule has 3 rings (SSSR count). The fourth-order valence-corrected chi connectivity index (χ4v) is 2.75. The molecule has 1 aliphatic carbocycles. The quantitative estimate of drug-likeness (QED) is 0.904. The third-order valence-electron chi connectivity index (χ3n) is 2.87. The summed E-state index contributed by atoms with van der Waals surface area (Å²) in [6, 6.07) is 11.9. The number of nitrogens with one attached hydrogen (secondary N) is 1. The average Bonchev–Trinajstić information content (AvgIpc) is 3.04. The summed E-state index contributed by atoms with van der Waals surface area (Å²) in [4.78, 5) is 13.7. The molecule has 1 saturated carbocycles. The third-order valence-corrected chi connectivity index (χ3v) is 4.26. The van der Waals surface area contributed by atoms with Crippen LogP contribution in [-0.4, -0.2) is 11.9 Å². The van der Waals surface area contributed by atoms with Crippen molar-refractivity contribution < 1.29 is 4.79 Å². The van der Waals surface area contributed by atoms with Crippen molar-refractivity contribution in [1.82, 2.24) is 5.32 Å². The van der Waals surface area contributed by atoms with Crippen LogP contribution in [0, 0.1) is 0 Å². The maximum Gasteiger partial charge on any atom is 0.261 e. The van der Waals surface area contributed by atoms with Gasteiger partial charge in [-0.2, -0.15) is 0 Å². The van der Waals surface area contributed by atoms with Crippen molar-refractivity contribution in [2.45, 2.75) is 18.9 Å². The van der Waals surface area contributed by atoms with Crippen LogP contribution in [0.15, 0.2) is 36.4 Å². The van der Waals surface area contributed by atoms with E-state index < -0.39 is 0 Å². The lowest BCUT2D eigenvalue weighted by Gasteiger charge is -1.99. The first-order chi connectivity index (χ1) is 8.72. The molecule has 2 nitrogen and oxygen atoms in total. The predicted octanol–water partition coefficient (Wildman–Crippen LogP) is 3.96. The topological polar surface area (TPSA) is 29.1 Å². The van der Waals surface area contributed by atoms with Crippen LogP contribution in [0.2, 0.25) is 5.02 Å². The van der Waals surface area contributed by atoms with Gasteiger partial charge in [0.1, 0.15) is 0 Å². The second-order valence-corrected chi connectivity index (χ2v) is 5.94. The summed E-state index contributed by atoms with van der Waals surface area (Å²) in [7, 11) is 0. The highest BCUT2D eigenvalue weighted by atomic mass is 35.5. The number of carbonyl (C=O) groups excluding carboxylic acids is 1. The molecule has 1 aromatic heterocycles. The maximum atomic E-state index is 11.9. The van der Waals surface area contributed by atoms with Crippen LogP contribution in [0.1, 0.15) is 22.5 Å². The number of rotatable bonds is 3. The van der Waals surface area contributed by atoms with Gasteiger partial charge in [-0.15, -0.1) is 11.3 Å². The van der Waals surface area contributed by atoms with E-state index in [1.807, 2.05) is 36.4 Å². The Morgan fingerprint density at radius 3 is 2.56 bits per heavy atom. The van der Waals surface area contributed by atoms with Gasteiger partial charge < -0.3 is 5.32 Å². The van der Waals surface area contributed by atoms with Crippen LogP contribution in [0.5, 0.6) is 0 Å². The molecule has 0 spiro atoms. The lowest BCUT2D eigenvalue weighted by Crippen LogP contribution is -2.24. The Kier molecular flexibility index (Phi) is 3.10. The van der Waals surface area contributed by atoms with E-state index in [9.17, 15) is 4.79 Å². The SMILES string of the molecule is O=C(NC1CC1)c1ccc(-c2ccc(Cl)cc2)s1. The summed E-state index contributed by atoms with van der Waals surface area (Å²) in [5, 5.41) is 3.72. The summed E-state index contributed by atoms with van der Waals surface area (Å²) in [5.41, 5.74) is 1.09. The Morgan fingerprint density at radius 2 is 1.89 bits per heavy atom. The fourth-order valence-electron chi connectivity index (χ4n) is 1.71. The Balaban J connectivity index is 1.79. The third kappa shape index (κ3) is 2.57. The first-order valence-electron chi connectivity index (χ1n) is 5.89. The molecule has 1 heterocycles. The number of hydrogen-bond donors (Lipinski definition) is 1. The lowest BCUT2D eigenvalue weighted by atomic mass is 10.2. The highest BCUT2D eigenvalue weighted by molar-refractivity contribution is 7.17. The summed E-state index contributed by atoms with van der Waals surface area (Å²) in [6.45, 7) is 0. The first-order valence-corrected chi connectivity index (χ1v) is 7.08. The molecule has 0 atom stereocenters. The van der Waals surface area contributed by atoms with E-state index in [2.05, 4.69) is 5.32 Å². The van der Waals surface area contributed by atoms with Gasteiger partial charge >= 0.3 is 0 Å². The highest BCUT2D eigenvalue weighted by Gasteiger charge is 2.24. The Hall–Kier alpha value is -1.32. The van der Waals surface area contributed by atoms with Crippen molar-refractivity contribution in [3.63, 3.8) is 0 Å². The number of halogens is 1. The largest absolute Gasteiger partial charge is 0.349 e. The van der Waals surface area contributed by atoms with Gasteiger partial charge in [0.25, 0.3) is 5.91 Å². The molecule has 0 saturated heterocycles. The van der Waals surface area contributed by atoms with E-state index in [0.717, 1.165) is 33.2 Å². The van der Waals surface area contributed by atoms with Gasteiger partial charge in [0.15, 0.2) is 0 Å². The standard InChI is InChI=1S/C14H12ClNOS/c15-10-3-1-9(2-4-10)12-7-8-13(18-12)14(17)16-11-5-6-11/h1-4,7-8,11H,5-6H2,(H,16,17). The van der Waals surface area contributed by atoms with Crippen molar-refractivity contribution in [2.24, 2.45) is 0 Å². The van der Waals surface area contributed by atoms with Crippen LogP contribution in [-0.2, 0) is 0 Å². The van der Waals surface area contributed by atoms with Gasteiger partial charge in [0.2, 0.25) is 0 Å². The minimum absolute atomic E-state index is 0.0442. The molecule has 0 unspecified atom stereocenters. The average molecular weight is 278 g/mol. The number of benzene rings is 1. The molecular formula is C14H12ClNOS. The van der Waals surface area contributed by atoms with Gasteiger partial charge in [-0.05, 0) is 42.7 Å². The van der Waals surface area contributed by atoms with E-state index in [0.29, 0.717) is 6.04 Å². The molecule has 0 aliphatic heterocycles. The summed E-state index contributed by atoms with van der Waals surface area (Å²) >= 11 is 7.37. The highest BCUT2D eigenvalue weighted by Crippen LogP contribution is 2.29. The van der Waals surface area contributed by atoms with Crippen molar-refractivity contribution in [3.8, 4) is 10.4 Å². The monoisotopic (exact) mass is 277 g/mol. The zero-order chi connectivity index (χ0) is 12.5. The molecule has 1 amide bonds. The van der Waals surface area contributed by atoms with E-state index >= 15 is 0 Å². The Morgan fingerprint density at radius 1 is 1.17 bits per heavy atom. The van der Waals surface area contributed by atoms with Crippen molar-refractivity contribution in [1.29, 1.82) is 0 Å². The lowest BCUT2D eigenvalue weighted by molar-refractivity contribution is 0.0955. The summed E-state index contributed by atoms with van der Waals surface area (Å²) < 4.78 is 0. The molecule has 4 heteroatoms. The first kappa shape index (κ1) is 11.8. The van der Waals surface area contributed by atoms with E-state index in [1.54, 1.807) is 0 Å². The van der Waals surface area contributed by atoms with Gasteiger partial charge in [-0.3, -0.25) is 4.79 Å². The molecule has 1 N–H and O–H groups in total. The van der Waals surface area contributed by atoms with E-state index in [4.69, 9.17) is 11.6 Å². The fraction of sp³-hybridized carbons (Fsp3) is 0.214. The predicted molar refractivity (Wildman–Crippen MR) is 75.3 cm³/mol. The van der Waals surface area contributed by atoms with Gasteiger partial charge in [-0.25, -0.2) is 0 Å². The molecule has 0 radical (unpaired) electrons. The van der Waals surface area contributed by atoms with Crippen LogP contribution >= 0.6 is 22.9 Å². The number of carbonyl (C=O) groups is 1. The zero-order valence-electron chi connectivity index (χ0n) is 9.65. The zero-order valence-corrected chi connectivity index (χ0v) is 11.2. The molecule has 1 fully saturated rings. The number of amides is 1.